The van der Waals surface area contributed by atoms with Crippen molar-refractivity contribution in [3.8, 4) is 0 Å². The molecule has 4 rings (SSSR count). The van der Waals surface area contributed by atoms with Gasteiger partial charge >= 0.3 is 0 Å². The molecule has 0 radical (unpaired) electrons. The fraction of sp³-hybridized carbons (Fsp3) is 0.375. The maximum absolute atomic E-state index is 6.08. The van der Waals surface area contributed by atoms with Gasteiger partial charge in [-0.3, -0.25) is 4.90 Å². The quantitative estimate of drug-likeness (QED) is 0.790. The molecule has 0 fully saturated rings. The Morgan fingerprint density at radius 2 is 2.32 bits per heavy atom. The van der Waals surface area contributed by atoms with Crippen LogP contribution in [0.3, 0.4) is 0 Å². The molecule has 1 aromatic heterocycles. The Bertz CT molecular complexity index is 670. The lowest BCUT2D eigenvalue weighted by Crippen LogP contribution is -2.42. The van der Waals surface area contributed by atoms with Gasteiger partial charge < -0.3 is 4.98 Å². The molecule has 1 N–H and O–H groups in total. The van der Waals surface area contributed by atoms with Crippen LogP contribution in [-0.2, 0) is 6.42 Å². The van der Waals surface area contributed by atoms with Gasteiger partial charge in [-0.25, -0.2) is 0 Å². The Morgan fingerprint density at radius 1 is 1.42 bits per heavy atom. The topological polar surface area (TPSA) is 19.0 Å². The number of nitrogens with zero attached hydrogens (tertiary/aromatic N) is 1. The number of benzene rings is 1. The number of aromatic amines is 1. The second kappa shape index (κ2) is 4.12. The van der Waals surface area contributed by atoms with Crippen molar-refractivity contribution in [3.63, 3.8) is 0 Å². The van der Waals surface area contributed by atoms with E-state index < -0.39 is 0 Å². The number of hydrogen-bond donors (Lipinski definition) is 1. The summed E-state index contributed by atoms with van der Waals surface area (Å²) in [4.78, 5) is 5.85. The van der Waals surface area contributed by atoms with Gasteiger partial charge in [0.1, 0.15) is 0 Å². The number of fused-ring (bicyclic) bond motifs is 2. The summed E-state index contributed by atoms with van der Waals surface area (Å²) in [5, 5.41) is 1.41. The molecule has 2 nitrogen and oxygen atoms in total. The van der Waals surface area contributed by atoms with E-state index in [0.29, 0.717) is 17.8 Å². The number of halogens is 1. The van der Waals surface area contributed by atoms with Gasteiger partial charge in [0.05, 0.1) is 0 Å². The number of aromatic nitrogens is 1. The predicted molar refractivity (Wildman–Crippen MR) is 80.6 cm³/mol. The van der Waals surface area contributed by atoms with E-state index in [1.54, 1.807) is 0 Å². The third-order valence-electron chi connectivity index (χ3n) is 4.54. The molecule has 2 heterocycles. The van der Waals surface area contributed by atoms with Crippen LogP contribution in [0.1, 0.15) is 11.1 Å². The minimum Gasteiger partial charge on any atom is -0.361 e. The van der Waals surface area contributed by atoms with Crippen LogP contribution in [0.5, 0.6) is 0 Å². The van der Waals surface area contributed by atoms with E-state index in [-0.39, 0.29) is 0 Å². The van der Waals surface area contributed by atoms with Crippen molar-refractivity contribution in [2.24, 2.45) is 5.92 Å². The lowest BCUT2D eigenvalue weighted by molar-refractivity contribution is 0.253. The van der Waals surface area contributed by atoms with Crippen LogP contribution in [0.15, 0.2) is 30.5 Å². The third kappa shape index (κ3) is 1.60. The van der Waals surface area contributed by atoms with Gasteiger partial charge in [0, 0.05) is 41.5 Å². The molecule has 19 heavy (non-hydrogen) atoms. The van der Waals surface area contributed by atoms with E-state index in [1.807, 2.05) is 0 Å². The van der Waals surface area contributed by atoms with Crippen molar-refractivity contribution in [2.75, 3.05) is 19.5 Å². The second-order valence-corrected chi connectivity index (χ2v) is 6.05. The number of H-pyrrole nitrogens is 1. The SMILES string of the molecule is CN1C[C@H](CCl)C=C2c3cccc4[nH]cc(c34)C[C@H]21. The average Bonchev–Trinajstić information content (AvgIpc) is 2.85. The Balaban J connectivity index is 1.97. The summed E-state index contributed by atoms with van der Waals surface area (Å²) in [6.07, 6.45) is 5.68. The van der Waals surface area contributed by atoms with Crippen molar-refractivity contribution in [2.45, 2.75) is 12.5 Å². The zero-order valence-electron chi connectivity index (χ0n) is 11.0. The summed E-state index contributed by atoms with van der Waals surface area (Å²) < 4.78 is 0. The lowest BCUT2D eigenvalue weighted by atomic mass is 9.80. The van der Waals surface area contributed by atoms with Crippen molar-refractivity contribution in [1.29, 1.82) is 0 Å². The number of nitrogens with one attached hydrogen (secondary N) is 1. The predicted octanol–water partition coefficient (Wildman–Crippen LogP) is 3.28. The van der Waals surface area contributed by atoms with Gasteiger partial charge in [-0.1, -0.05) is 18.2 Å². The van der Waals surface area contributed by atoms with E-state index in [0.717, 1.165) is 13.0 Å². The highest BCUT2D eigenvalue weighted by Crippen LogP contribution is 2.40. The van der Waals surface area contributed by atoms with E-state index in [1.165, 1.54) is 27.6 Å². The van der Waals surface area contributed by atoms with Crippen LogP contribution < -0.4 is 0 Å². The van der Waals surface area contributed by atoms with Crippen molar-refractivity contribution < 1.29 is 0 Å². The molecule has 0 saturated carbocycles. The second-order valence-electron chi connectivity index (χ2n) is 5.74. The first-order chi connectivity index (χ1) is 9.28. The van der Waals surface area contributed by atoms with Crippen LogP contribution >= 0.6 is 11.6 Å². The smallest absolute Gasteiger partial charge is 0.0462 e. The summed E-state index contributed by atoms with van der Waals surface area (Å²) in [6, 6.07) is 7.07. The van der Waals surface area contributed by atoms with E-state index in [9.17, 15) is 0 Å². The van der Waals surface area contributed by atoms with Gasteiger partial charge in [-0.15, -0.1) is 11.6 Å². The first-order valence-corrected chi connectivity index (χ1v) is 7.38. The molecule has 1 aliphatic carbocycles. The molecule has 0 amide bonds. The molecule has 3 heteroatoms. The highest BCUT2D eigenvalue weighted by Gasteiger charge is 2.33. The third-order valence-corrected chi connectivity index (χ3v) is 4.94. The number of likely N-dealkylation sites (N-methyl/N-ethyl adjacent to an activating group) is 1. The molecule has 0 unspecified atom stereocenters. The van der Waals surface area contributed by atoms with Crippen LogP contribution in [0.2, 0.25) is 0 Å². The molecule has 1 aromatic carbocycles. The zero-order chi connectivity index (χ0) is 13.0. The van der Waals surface area contributed by atoms with Crippen LogP contribution in [0.25, 0.3) is 16.5 Å². The monoisotopic (exact) mass is 272 g/mol. The molecule has 0 saturated heterocycles. The van der Waals surface area contributed by atoms with Crippen LogP contribution in [0, 0.1) is 5.92 Å². The average molecular weight is 273 g/mol. The summed E-state index contributed by atoms with van der Waals surface area (Å²) in [6.45, 7) is 1.06. The minimum absolute atomic E-state index is 0.466. The molecule has 2 aliphatic rings. The summed E-state index contributed by atoms with van der Waals surface area (Å²) in [5.74, 6) is 1.17. The van der Waals surface area contributed by atoms with E-state index in [2.05, 4.69) is 47.4 Å². The van der Waals surface area contributed by atoms with Gasteiger partial charge in [-0.05, 0) is 36.2 Å². The van der Waals surface area contributed by atoms with Gasteiger partial charge in [0.2, 0.25) is 0 Å². The Morgan fingerprint density at radius 3 is 3.16 bits per heavy atom. The Kier molecular flexibility index (Phi) is 2.51. The van der Waals surface area contributed by atoms with E-state index >= 15 is 0 Å². The highest BCUT2D eigenvalue weighted by atomic mass is 35.5. The fourth-order valence-electron chi connectivity index (χ4n) is 3.65. The Labute approximate surface area is 118 Å². The molecule has 0 bridgehead atoms. The zero-order valence-corrected chi connectivity index (χ0v) is 11.7. The minimum atomic E-state index is 0.466. The standard InChI is InChI=1S/C16H17ClN2/c1-19-9-10(7-17)5-13-12-3-2-4-14-16(12)11(8-18-14)6-15(13)19/h2-5,8,10,15,18H,6-7,9H2,1H3/t10-,15+/m0/s1. The fourth-order valence-corrected chi connectivity index (χ4v) is 3.83. The van der Waals surface area contributed by atoms with E-state index in [4.69, 9.17) is 11.6 Å². The van der Waals surface area contributed by atoms with Crippen molar-refractivity contribution >= 4 is 28.1 Å². The number of hydrogen-bond acceptors (Lipinski definition) is 1. The molecule has 2 atom stereocenters. The van der Waals surface area contributed by atoms with Gasteiger partial charge in [0.25, 0.3) is 0 Å². The van der Waals surface area contributed by atoms with Crippen LogP contribution in [0.4, 0.5) is 0 Å². The maximum Gasteiger partial charge on any atom is 0.0462 e. The largest absolute Gasteiger partial charge is 0.361 e. The molecule has 0 spiro atoms. The normalized spacial score (nSPS) is 26.3. The molecular formula is C16H17ClN2. The molecular weight excluding hydrogens is 256 g/mol. The summed E-state index contributed by atoms with van der Waals surface area (Å²) >= 11 is 6.08. The van der Waals surface area contributed by atoms with Gasteiger partial charge in [-0.2, -0.15) is 0 Å². The number of alkyl halides is 1. The molecule has 98 valence electrons. The van der Waals surface area contributed by atoms with Crippen LogP contribution in [-0.4, -0.2) is 35.4 Å². The first kappa shape index (κ1) is 11.6. The maximum atomic E-state index is 6.08. The summed E-state index contributed by atoms with van der Waals surface area (Å²) in [7, 11) is 2.22. The van der Waals surface area contributed by atoms with Crippen molar-refractivity contribution in [3.05, 3.63) is 41.6 Å². The Hall–Kier alpha value is -1.25. The molecule has 2 aromatic rings. The highest BCUT2D eigenvalue weighted by molar-refractivity contribution is 6.18. The van der Waals surface area contributed by atoms with Gasteiger partial charge in [0.15, 0.2) is 0 Å². The van der Waals surface area contributed by atoms with Crippen molar-refractivity contribution in [1.82, 2.24) is 9.88 Å². The summed E-state index contributed by atoms with van der Waals surface area (Å²) in [5.41, 5.74) is 5.56. The number of rotatable bonds is 1. The molecule has 1 aliphatic heterocycles. The first-order valence-electron chi connectivity index (χ1n) is 6.85. The lowest BCUT2D eigenvalue weighted by Gasteiger charge is -2.39.